The van der Waals surface area contributed by atoms with E-state index in [4.69, 9.17) is 20.2 Å². The number of rotatable bonds is 12. The molecule has 2 aromatic rings. The highest BCUT2D eigenvalue weighted by molar-refractivity contribution is 6.04. The zero-order valence-electron chi connectivity index (χ0n) is 30.0. The number of piperidine rings is 1. The lowest BCUT2D eigenvalue weighted by molar-refractivity contribution is -0.156. The van der Waals surface area contributed by atoms with Crippen LogP contribution in [0.15, 0.2) is 24.4 Å². The molecule has 0 radical (unpaired) electrons. The van der Waals surface area contributed by atoms with Gasteiger partial charge < -0.3 is 40.5 Å². The van der Waals surface area contributed by atoms with E-state index in [1.165, 1.54) is 0 Å². The number of aromatic nitrogens is 2. The Labute approximate surface area is 290 Å². The number of amides is 2. The number of esters is 1. The summed E-state index contributed by atoms with van der Waals surface area (Å²) >= 11 is 0. The number of likely N-dealkylation sites (tertiary alicyclic amines) is 1. The summed E-state index contributed by atoms with van der Waals surface area (Å²) < 4.78 is 11.1. The molecule has 1 saturated carbocycles. The highest BCUT2D eigenvalue weighted by atomic mass is 16.6. The van der Waals surface area contributed by atoms with Gasteiger partial charge in [0.05, 0.1) is 19.0 Å². The maximum absolute atomic E-state index is 13.3. The third-order valence-electron chi connectivity index (χ3n) is 9.74. The van der Waals surface area contributed by atoms with Gasteiger partial charge in [-0.2, -0.15) is 4.98 Å². The van der Waals surface area contributed by atoms with Crippen molar-refractivity contribution >= 4 is 40.9 Å². The van der Waals surface area contributed by atoms with E-state index in [0.717, 1.165) is 70.4 Å². The van der Waals surface area contributed by atoms with Crippen molar-refractivity contribution in [1.82, 2.24) is 20.2 Å². The van der Waals surface area contributed by atoms with Crippen molar-refractivity contribution in [2.45, 2.75) is 115 Å². The van der Waals surface area contributed by atoms with Crippen molar-refractivity contribution in [2.24, 2.45) is 5.73 Å². The van der Waals surface area contributed by atoms with Crippen LogP contribution in [0.5, 0.6) is 5.75 Å². The summed E-state index contributed by atoms with van der Waals surface area (Å²) in [5, 5.41) is 6.47. The van der Waals surface area contributed by atoms with Crippen LogP contribution in [-0.2, 0) is 14.3 Å². The predicted molar refractivity (Wildman–Crippen MR) is 191 cm³/mol. The average molecular weight is 679 g/mol. The fraction of sp³-hybridized carbons (Fsp3) is 0.639. The van der Waals surface area contributed by atoms with Crippen molar-refractivity contribution in [3.8, 4) is 5.75 Å². The Balaban J connectivity index is 1.16. The number of fused-ring (bicyclic) bond motifs is 1. The molecule has 49 heavy (non-hydrogen) atoms. The van der Waals surface area contributed by atoms with Crippen LogP contribution < -0.4 is 30.9 Å². The Bertz CT molecular complexity index is 1480. The standard InChI is InChI=1S/C36H54N8O5/c1-7-28-33(46)42(5)29-22-38-35(41-31(29)44(28)25-11-8-9-12-25)40-27-15-14-23(21-30(27)48-6)32(45)39-24-16-19-43(20-17-24)18-10-13-26(37)34(47)49-36(2,3)4/h14-15,21-22,24-26,28H,7-13,16-20,37H2,1-6H3,(H,39,45)(H,38,40,41)/t26?,28-/m1/s1. The van der Waals surface area contributed by atoms with Gasteiger partial charge in [-0.25, -0.2) is 4.98 Å². The lowest BCUT2D eigenvalue weighted by Crippen LogP contribution is -2.55. The predicted octanol–water partition coefficient (Wildman–Crippen LogP) is 4.38. The molecule has 2 atom stereocenters. The molecule has 0 bridgehead atoms. The monoisotopic (exact) mass is 678 g/mol. The number of ether oxygens (including phenoxy) is 2. The molecule has 13 nitrogen and oxygen atoms in total. The second kappa shape index (κ2) is 15.7. The van der Waals surface area contributed by atoms with Gasteiger partial charge in [-0.05, 0) is 90.5 Å². The third-order valence-corrected chi connectivity index (χ3v) is 9.74. The van der Waals surface area contributed by atoms with Crippen molar-refractivity contribution in [2.75, 3.05) is 48.9 Å². The van der Waals surface area contributed by atoms with E-state index in [9.17, 15) is 14.4 Å². The topological polar surface area (TPSA) is 155 Å². The Morgan fingerprint density at radius 2 is 1.84 bits per heavy atom. The molecular formula is C36H54N8O5. The van der Waals surface area contributed by atoms with Crippen molar-refractivity contribution in [3.05, 3.63) is 30.0 Å². The van der Waals surface area contributed by atoms with E-state index in [-0.39, 0.29) is 35.9 Å². The highest BCUT2D eigenvalue weighted by Crippen LogP contribution is 2.40. The van der Waals surface area contributed by atoms with E-state index >= 15 is 0 Å². The van der Waals surface area contributed by atoms with Gasteiger partial charge in [0.15, 0.2) is 5.82 Å². The summed E-state index contributed by atoms with van der Waals surface area (Å²) in [4.78, 5) is 54.3. The van der Waals surface area contributed by atoms with Gasteiger partial charge in [-0.3, -0.25) is 14.4 Å². The van der Waals surface area contributed by atoms with Gasteiger partial charge in [0, 0.05) is 37.8 Å². The molecule has 1 aliphatic carbocycles. The minimum absolute atomic E-state index is 0.0697. The van der Waals surface area contributed by atoms with Crippen LogP contribution in [0.1, 0.15) is 95.8 Å². The van der Waals surface area contributed by atoms with Gasteiger partial charge in [0.2, 0.25) is 11.9 Å². The van der Waals surface area contributed by atoms with Crippen LogP contribution in [0.3, 0.4) is 0 Å². The van der Waals surface area contributed by atoms with E-state index in [2.05, 4.69) is 25.4 Å². The number of nitrogens with one attached hydrogen (secondary N) is 2. The molecule has 268 valence electrons. The summed E-state index contributed by atoms with van der Waals surface area (Å²) in [7, 11) is 3.36. The van der Waals surface area contributed by atoms with Crippen molar-refractivity contribution < 1.29 is 23.9 Å². The fourth-order valence-electron chi connectivity index (χ4n) is 7.10. The lowest BCUT2D eigenvalue weighted by atomic mass is 10.0. The Morgan fingerprint density at radius 1 is 1.12 bits per heavy atom. The van der Waals surface area contributed by atoms with Crippen LogP contribution in [0, 0.1) is 0 Å². The minimum atomic E-state index is -0.616. The van der Waals surface area contributed by atoms with Gasteiger partial charge in [0.25, 0.3) is 5.91 Å². The van der Waals surface area contributed by atoms with Gasteiger partial charge in [0.1, 0.15) is 29.1 Å². The molecule has 1 saturated heterocycles. The molecule has 4 N–H and O–H groups in total. The smallest absolute Gasteiger partial charge is 0.323 e. The molecule has 3 aliphatic rings. The highest BCUT2D eigenvalue weighted by Gasteiger charge is 2.41. The maximum atomic E-state index is 13.3. The number of nitrogens with two attached hydrogens (primary N) is 1. The first kappa shape index (κ1) is 36.3. The summed E-state index contributed by atoms with van der Waals surface area (Å²) in [6.07, 6.45) is 9.86. The summed E-state index contributed by atoms with van der Waals surface area (Å²) in [6, 6.07) is 4.78. The molecule has 2 fully saturated rings. The first-order valence-electron chi connectivity index (χ1n) is 17.8. The second-order valence-corrected chi connectivity index (χ2v) is 14.5. The Morgan fingerprint density at radius 3 is 2.49 bits per heavy atom. The molecule has 2 aliphatic heterocycles. The molecule has 13 heteroatoms. The molecule has 3 heterocycles. The first-order chi connectivity index (χ1) is 23.4. The summed E-state index contributed by atoms with van der Waals surface area (Å²) in [5.74, 6) is 1.23. The number of carbonyl (C=O) groups is 3. The van der Waals surface area contributed by atoms with Gasteiger partial charge in [-0.1, -0.05) is 19.8 Å². The van der Waals surface area contributed by atoms with Crippen LogP contribution in [-0.4, -0.2) is 96.2 Å². The van der Waals surface area contributed by atoms with E-state index in [0.29, 0.717) is 41.5 Å². The number of carbonyl (C=O) groups excluding carboxylic acids is 3. The number of anilines is 4. The van der Waals surface area contributed by atoms with Gasteiger partial charge in [-0.15, -0.1) is 0 Å². The molecule has 5 rings (SSSR count). The van der Waals surface area contributed by atoms with Crippen LogP contribution in [0.25, 0.3) is 0 Å². The zero-order valence-corrected chi connectivity index (χ0v) is 30.0. The van der Waals surface area contributed by atoms with Crippen LogP contribution in [0.2, 0.25) is 0 Å². The normalized spacial score (nSPS) is 19.8. The fourth-order valence-corrected chi connectivity index (χ4v) is 7.10. The van der Waals surface area contributed by atoms with Crippen LogP contribution in [0.4, 0.5) is 23.1 Å². The number of likely N-dealkylation sites (N-methyl/N-ethyl adjacent to an activating group) is 1. The van der Waals surface area contributed by atoms with Crippen LogP contribution >= 0.6 is 0 Å². The number of nitrogens with zero attached hydrogens (tertiary/aromatic N) is 5. The molecule has 1 aromatic carbocycles. The van der Waals surface area contributed by atoms with E-state index in [1.807, 2.05) is 27.7 Å². The Kier molecular flexibility index (Phi) is 11.6. The van der Waals surface area contributed by atoms with E-state index < -0.39 is 11.6 Å². The zero-order chi connectivity index (χ0) is 35.3. The second-order valence-electron chi connectivity index (χ2n) is 14.5. The minimum Gasteiger partial charge on any atom is -0.495 e. The number of hydrogen-bond acceptors (Lipinski definition) is 11. The van der Waals surface area contributed by atoms with Crippen molar-refractivity contribution in [3.63, 3.8) is 0 Å². The molecule has 1 aromatic heterocycles. The maximum Gasteiger partial charge on any atom is 0.323 e. The Hall–Kier alpha value is -3.97. The number of methoxy groups -OCH3 is 1. The third kappa shape index (κ3) is 8.80. The average Bonchev–Trinajstić information content (AvgIpc) is 3.61. The molecule has 1 unspecified atom stereocenters. The quantitative estimate of drug-likeness (QED) is 0.274. The number of hydrogen-bond donors (Lipinski definition) is 3. The molecular weight excluding hydrogens is 624 g/mol. The van der Waals surface area contributed by atoms with E-state index in [1.54, 1.807) is 43.5 Å². The van der Waals surface area contributed by atoms with Crippen molar-refractivity contribution in [1.29, 1.82) is 0 Å². The largest absolute Gasteiger partial charge is 0.495 e. The molecule has 2 amide bonds. The molecule has 0 spiro atoms. The summed E-state index contributed by atoms with van der Waals surface area (Å²) in [6.45, 7) is 10.1. The van der Waals surface area contributed by atoms with Gasteiger partial charge >= 0.3 is 5.97 Å². The lowest BCUT2D eigenvalue weighted by Gasteiger charge is -2.43. The SMILES string of the molecule is CC[C@@H]1C(=O)N(C)c2cnc(Nc3ccc(C(=O)NC4CCN(CCCC(N)C(=O)OC(C)(C)C)CC4)cc3OC)nc2N1C1CCCC1. The summed E-state index contributed by atoms with van der Waals surface area (Å²) in [5.41, 5.74) is 7.34. The first-order valence-corrected chi connectivity index (χ1v) is 17.8. The number of benzene rings is 1.